The summed E-state index contributed by atoms with van der Waals surface area (Å²) >= 11 is 0. The monoisotopic (exact) mass is 513 g/mol. The molecule has 1 saturated heterocycles. The summed E-state index contributed by atoms with van der Waals surface area (Å²) in [5.74, 6) is 1.53. The van der Waals surface area contributed by atoms with E-state index in [0.29, 0.717) is 42.2 Å². The number of imidazole rings is 1. The van der Waals surface area contributed by atoms with Gasteiger partial charge in [-0.15, -0.1) is 0 Å². The van der Waals surface area contributed by atoms with Crippen LogP contribution in [0.5, 0.6) is 11.5 Å². The summed E-state index contributed by atoms with van der Waals surface area (Å²) in [6.07, 6.45) is 6.51. The zero-order valence-corrected chi connectivity index (χ0v) is 21.5. The minimum atomic E-state index is -0.286. The minimum Gasteiger partial charge on any atom is -0.457 e. The lowest BCUT2D eigenvalue weighted by atomic mass is 10.2. The van der Waals surface area contributed by atoms with Crippen molar-refractivity contribution in [2.75, 3.05) is 32.9 Å². The van der Waals surface area contributed by atoms with Gasteiger partial charge in [0, 0.05) is 25.7 Å². The average molecular weight is 514 g/mol. The van der Waals surface area contributed by atoms with Crippen molar-refractivity contribution in [3.05, 3.63) is 83.6 Å². The summed E-state index contributed by atoms with van der Waals surface area (Å²) in [6.45, 7) is 1.66. The lowest BCUT2D eigenvalue weighted by Gasteiger charge is -2.23. The molecule has 1 amide bonds. The van der Waals surface area contributed by atoms with Gasteiger partial charge in [-0.3, -0.25) is 13.9 Å². The molecule has 1 aliphatic heterocycles. The maximum atomic E-state index is 13.8. The first kappa shape index (κ1) is 25.2. The number of ether oxygens (including phenoxy) is 1. The topological polar surface area (TPSA) is 112 Å². The molecular formula is C28H31N7O3. The molecule has 38 heavy (non-hydrogen) atoms. The molecule has 1 aliphatic rings. The quantitative estimate of drug-likeness (QED) is 0.361. The second kappa shape index (κ2) is 10.9. The Bertz CT molecular complexity index is 1510. The minimum absolute atomic E-state index is 0.0470. The van der Waals surface area contributed by atoms with Gasteiger partial charge < -0.3 is 20.3 Å². The van der Waals surface area contributed by atoms with Crippen LogP contribution in [0.25, 0.3) is 16.9 Å². The lowest BCUT2D eigenvalue weighted by molar-refractivity contribution is -0.127. The van der Waals surface area contributed by atoms with Gasteiger partial charge in [-0.1, -0.05) is 24.3 Å². The summed E-state index contributed by atoms with van der Waals surface area (Å²) in [6, 6.07) is 16.6. The Kier molecular flexibility index (Phi) is 7.23. The molecule has 4 aromatic rings. The van der Waals surface area contributed by atoms with E-state index in [1.54, 1.807) is 34.9 Å². The Hall–Kier alpha value is -4.44. The summed E-state index contributed by atoms with van der Waals surface area (Å²) < 4.78 is 9.01. The number of hydrogen-bond acceptors (Lipinski definition) is 7. The maximum absolute atomic E-state index is 13.8. The number of carbonyl (C=O) groups excluding carboxylic acids is 1. The van der Waals surface area contributed by atoms with Gasteiger partial charge in [0.25, 0.3) is 0 Å². The van der Waals surface area contributed by atoms with Crippen molar-refractivity contribution in [2.24, 2.45) is 0 Å². The molecule has 0 unspecified atom stereocenters. The van der Waals surface area contributed by atoms with Crippen molar-refractivity contribution < 1.29 is 9.53 Å². The molecular weight excluding hydrogens is 482 g/mol. The number of nitrogens with zero attached hydrogens (tertiary/aromatic N) is 6. The number of likely N-dealkylation sites (tertiary alicyclic amines) is 1. The van der Waals surface area contributed by atoms with Crippen molar-refractivity contribution in [1.82, 2.24) is 28.9 Å². The van der Waals surface area contributed by atoms with E-state index in [0.717, 1.165) is 18.6 Å². The van der Waals surface area contributed by atoms with Gasteiger partial charge in [-0.25, -0.2) is 14.8 Å². The molecule has 196 valence electrons. The zero-order chi connectivity index (χ0) is 26.6. The number of anilines is 1. The summed E-state index contributed by atoms with van der Waals surface area (Å²) in [5.41, 5.74) is 7.46. The van der Waals surface area contributed by atoms with Gasteiger partial charge >= 0.3 is 5.69 Å². The number of carbonyl (C=O) groups is 1. The van der Waals surface area contributed by atoms with Gasteiger partial charge in [0.15, 0.2) is 11.5 Å². The van der Waals surface area contributed by atoms with Crippen molar-refractivity contribution in [3.8, 4) is 17.2 Å². The van der Waals surface area contributed by atoms with Crippen LogP contribution in [-0.4, -0.2) is 68.0 Å². The molecule has 3 heterocycles. The Morgan fingerprint density at radius 2 is 1.84 bits per heavy atom. The van der Waals surface area contributed by atoms with E-state index >= 15 is 0 Å². The Morgan fingerprint density at radius 3 is 2.58 bits per heavy atom. The fourth-order valence-electron chi connectivity index (χ4n) is 4.78. The van der Waals surface area contributed by atoms with Crippen LogP contribution in [0.1, 0.15) is 12.8 Å². The van der Waals surface area contributed by atoms with Crippen molar-refractivity contribution in [1.29, 1.82) is 0 Å². The molecule has 2 aromatic heterocycles. The number of nitrogens with two attached hydrogens (primary N) is 1. The molecule has 2 N–H and O–H groups in total. The Labute approximate surface area is 220 Å². The third-order valence-corrected chi connectivity index (χ3v) is 6.59. The molecule has 1 atom stereocenters. The lowest BCUT2D eigenvalue weighted by Crippen LogP contribution is -2.39. The highest BCUT2D eigenvalue weighted by molar-refractivity contribution is 5.88. The average Bonchev–Trinajstić information content (AvgIpc) is 3.49. The second-order valence-corrected chi connectivity index (χ2v) is 9.56. The predicted octanol–water partition coefficient (Wildman–Crippen LogP) is 3.07. The van der Waals surface area contributed by atoms with E-state index in [9.17, 15) is 9.59 Å². The zero-order valence-electron chi connectivity index (χ0n) is 21.5. The highest BCUT2D eigenvalue weighted by atomic mass is 16.5. The predicted molar refractivity (Wildman–Crippen MR) is 146 cm³/mol. The number of amides is 1. The molecule has 0 saturated carbocycles. The molecule has 5 rings (SSSR count). The highest BCUT2D eigenvalue weighted by Gasteiger charge is 2.30. The van der Waals surface area contributed by atoms with Crippen LogP contribution < -0.4 is 16.2 Å². The van der Waals surface area contributed by atoms with Crippen LogP contribution in [0.3, 0.4) is 0 Å². The molecule has 10 heteroatoms. The van der Waals surface area contributed by atoms with Gasteiger partial charge in [0.2, 0.25) is 5.91 Å². The summed E-state index contributed by atoms with van der Waals surface area (Å²) in [5, 5.41) is 0. The highest BCUT2D eigenvalue weighted by Crippen LogP contribution is 2.26. The van der Waals surface area contributed by atoms with Gasteiger partial charge in [-0.2, -0.15) is 0 Å². The van der Waals surface area contributed by atoms with E-state index in [1.807, 2.05) is 60.3 Å². The molecule has 0 bridgehead atoms. The summed E-state index contributed by atoms with van der Waals surface area (Å²) in [7, 11) is 3.90. The molecule has 2 aromatic carbocycles. The first-order valence-electron chi connectivity index (χ1n) is 12.6. The van der Waals surface area contributed by atoms with Crippen LogP contribution in [0.15, 0.2) is 77.9 Å². The second-order valence-electron chi connectivity index (χ2n) is 9.56. The molecule has 1 fully saturated rings. The van der Waals surface area contributed by atoms with Crippen LogP contribution in [-0.2, 0) is 11.3 Å². The first-order valence-corrected chi connectivity index (χ1v) is 12.6. The Morgan fingerprint density at radius 1 is 1.11 bits per heavy atom. The smallest absolute Gasteiger partial charge is 0.335 e. The fraction of sp³-hybridized carbons (Fsp3) is 0.286. The van der Waals surface area contributed by atoms with Gasteiger partial charge in [0.05, 0.1) is 11.7 Å². The van der Waals surface area contributed by atoms with Crippen molar-refractivity contribution >= 4 is 22.9 Å². The number of hydrogen-bond donors (Lipinski definition) is 1. The number of benzene rings is 2. The number of nitrogen functional groups attached to an aromatic ring is 1. The third kappa shape index (κ3) is 5.16. The van der Waals surface area contributed by atoms with E-state index in [4.69, 9.17) is 10.5 Å². The Balaban J connectivity index is 1.45. The SMILES string of the molecule is CN(C)CC=CC(=O)N1CCC[C@H]1Cn1c(=O)n(-c2ccc(Oc3ccccc3)cc2)c2c(N)ncnc21. The molecule has 0 radical (unpaired) electrons. The number of fused-ring (bicyclic) bond motifs is 1. The molecule has 10 nitrogen and oxygen atoms in total. The number of rotatable bonds is 8. The van der Waals surface area contributed by atoms with Crippen LogP contribution in [0.2, 0.25) is 0 Å². The van der Waals surface area contributed by atoms with E-state index < -0.39 is 0 Å². The summed E-state index contributed by atoms with van der Waals surface area (Å²) in [4.78, 5) is 39.0. The van der Waals surface area contributed by atoms with Gasteiger partial charge in [0.1, 0.15) is 23.3 Å². The van der Waals surface area contributed by atoms with Crippen molar-refractivity contribution in [2.45, 2.75) is 25.4 Å². The standard InChI is InChI=1S/C28H31N7O3/c1-32(2)16-7-11-24(36)33-17-6-8-21(33)18-34-27-25(26(29)30-19-31-27)35(28(34)37)20-12-14-23(15-13-20)38-22-9-4-3-5-10-22/h3-5,7,9-15,19,21H,6,8,16-18H2,1-2H3,(H2,29,30,31)/t21-/m0/s1. The van der Waals surface area contributed by atoms with Crippen LogP contribution in [0, 0.1) is 0 Å². The molecule has 0 aliphatic carbocycles. The third-order valence-electron chi connectivity index (χ3n) is 6.59. The van der Waals surface area contributed by atoms with Crippen molar-refractivity contribution in [3.63, 3.8) is 0 Å². The molecule has 0 spiro atoms. The van der Waals surface area contributed by atoms with Crippen LogP contribution >= 0.6 is 0 Å². The number of likely N-dealkylation sites (N-methyl/N-ethyl adjacent to an activating group) is 1. The maximum Gasteiger partial charge on any atom is 0.335 e. The largest absolute Gasteiger partial charge is 0.457 e. The normalized spacial score (nSPS) is 15.7. The van der Waals surface area contributed by atoms with Gasteiger partial charge in [-0.05, 0) is 63.3 Å². The van der Waals surface area contributed by atoms with E-state index in [-0.39, 0.29) is 23.5 Å². The number of aromatic nitrogens is 4. The van der Waals surface area contributed by atoms with E-state index in [2.05, 4.69) is 9.97 Å². The fourth-order valence-corrected chi connectivity index (χ4v) is 4.78. The van der Waals surface area contributed by atoms with E-state index in [1.165, 1.54) is 10.9 Å². The first-order chi connectivity index (χ1) is 18.4. The number of para-hydroxylation sites is 1. The van der Waals surface area contributed by atoms with Crippen LogP contribution in [0.4, 0.5) is 5.82 Å².